The number of sulfonamides is 1. The average molecular weight is 337 g/mol. The van der Waals surface area contributed by atoms with E-state index in [1.54, 1.807) is 6.92 Å². The predicted octanol–water partition coefficient (Wildman–Crippen LogP) is 2.18. The molecular weight excluding hydrogens is 319 g/mol. The minimum Gasteiger partial charge on any atom is -0.393 e. The van der Waals surface area contributed by atoms with E-state index in [9.17, 15) is 26.7 Å². The number of aliphatic hydroxyl groups is 1. The number of piperidine rings is 1. The number of halogens is 3. The van der Waals surface area contributed by atoms with Crippen molar-refractivity contribution in [2.24, 2.45) is 5.92 Å². The maximum Gasteiger partial charge on any atom is 0.393 e. The van der Waals surface area contributed by atoms with Crippen LogP contribution in [0.25, 0.3) is 0 Å². The van der Waals surface area contributed by atoms with Gasteiger partial charge in [0.1, 0.15) is 0 Å². The van der Waals surface area contributed by atoms with Gasteiger partial charge in [0.05, 0.1) is 17.4 Å². The van der Waals surface area contributed by atoms with Gasteiger partial charge in [0.2, 0.25) is 10.0 Å². The molecule has 1 saturated heterocycles. The van der Waals surface area contributed by atoms with E-state index in [2.05, 4.69) is 0 Å². The molecule has 8 heteroatoms. The molecule has 1 fully saturated rings. The van der Waals surface area contributed by atoms with Crippen molar-refractivity contribution in [3.63, 3.8) is 0 Å². The van der Waals surface area contributed by atoms with Gasteiger partial charge < -0.3 is 5.11 Å². The summed E-state index contributed by atoms with van der Waals surface area (Å²) in [4.78, 5) is -0.0259. The van der Waals surface area contributed by atoms with Gasteiger partial charge in [-0.15, -0.1) is 0 Å². The van der Waals surface area contributed by atoms with E-state index in [-0.39, 0.29) is 29.5 Å². The fourth-order valence-electron chi connectivity index (χ4n) is 2.47. The van der Waals surface area contributed by atoms with Crippen LogP contribution in [0, 0.1) is 5.92 Å². The molecule has 0 saturated carbocycles. The van der Waals surface area contributed by atoms with Gasteiger partial charge in [0.25, 0.3) is 0 Å². The van der Waals surface area contributed by atoms with Crippen LogP contribution in [-0.4, -0.2) is 43.2 Å². The van der Waals surface area contributed by atoms with Crippen LogP contribution in [0.1, 0.15) is 18.9 Å². The molecule has 1 aliphatic heterocycles. The van der Waals surface area contributed by atoms with Crippen LogP contribution in [0.4, 0.5) is 13.2 Å². The lowest BCUT2D eigenvalue weighted by Crippen LogP contribution is -2.44. The predicted molar refractivity (Wildman–Crippen MR) is 74.7 cm³/mol. The monoisotopic (exact) mass is 337 g/mol. The fourth-order valence-corrected chi connectivity index (χ4v) is 4.03. The first-order valence-electron chi connectivity index (χ1n) is 6.93. The Labute approximate surface area is 127 Å². The molecule has 124 valence electrons. The summed E-state index contributed by atoms with van der Waals surface area (Å²) in [5.41, 5.74) is 0.0221. The minimum absolute atomic E-state index is 0.0221. The molecule has 2 atom stereocenters. The Hall–Kier alpha value is -1.12. The van der Waals surface area contributed by atoms with Crippen LogP contribution in [-0.2, 0) is 16.4 Å². The summed E-state index contributed by atoms with van der Waals surface area (Å²) < 4.78 is 63.1. The Morgan fingerprint density at radius 1 is 1.27 bits per heavy atom. The standard InChI is InChI=1S/C14H18F3NO3S/c1-10-9-18(7-6-13(10)19)22(20,21)12-4-2-11(3-5-12)8-14(15,16)17/h2-5,10,13,19H,6-9H2,1H3. The number of nitrogens with zero attached hydrogens (tertiary/aromatic N) is 1. The third-order valence-electron chi connectivity index (χ3n) is 3.79. The maximum atomic E-state index is 12.5. The van der Waals surface area contributed by atoms with Crippen LogP contribution in [0.15, 0.2) is 29.2 Å². The van der Waals surface area contributed by atoms with Crippen LogP contribution in [0.5, 0.6) is 0 Å². The van der Waals surface area contributed by atoms with Crippen molar-refractivity contribution in [2.75, 3.05) is 13.1 Å². The Morgan fingerprint density at radius 2 is 1.86 bits per heavy atom. The third-order valence-corrected chi connectivity index (χ3v) is 5.67. The summed E-state index contributed by atoms with van der Waals surface area (Å²) in [6, 6.07) is 4.77. The van der Waals surface area contributed by atoms with Crippen molar-refractivity contribution >= 4 is 10.0 Å². The van der Waals surface area contributed by atoms with Gasteiger partial charge in [-0.25, -0.2) is 8.42 Å². The second kappa shape index (κ2) is 6.17. The van der Waals surface area contributed by atoms with Crippen LogP contribution >= 0.6 is 0 Å². The van der Waals surface area contributed by atoms with Gasteiger partial charge in [0.15, 0.2) is 0 Å². The molecule has 2 rings (SSSR count). The van der Waals surface area contributed by atoms with E-state index in [0.29, 0.717) is 6.42 Å². The summed E-state index contributed by atoms with van der Waals surface area (Å²) in [5.74, 6) is -0.173. The second-order valence-corrected chi connectivity index (χ2v) is 7.57. The lowest BCUT2D eigenvalue weighted by Gasteiger charge is -2.33. The Morgan fingerprint density at radius 3 is 2.36 bits per heavy atom. The molecule has 22 heavy (non-hydrogen) atoms. The zero-order valence-electron chi connectivity index (χ0n) is 12.0. The highest BCUT2D eigenvalue weighted by atomic mass is 32.2. The fraction of sp³-hybridized carbons (Fsp3) is 0.571. The van der Waals surface area contributed by atoms with Crippen molar-refractivity contribution in [2.45, 2.75) is 36.9 Å². The molecule has 1 heterocycles. The van der Waals surface area contributed by atoms with E-state index < -0.39 is 28.7 Å². The van der Waals surface area contributed by atoms with Crippen molar-refractivity contribution in [1.82, 2.24) is 4.31 Å². The number of hydrogen-bond acceptors (Lipinski definition) is 3. The zero-order chi connectivity index (χ0) is 16.5. The van der Waals surface area contributed by atoms with E-state index >= 15 is 0 Å². The Kier molecular flexibility index (Phi) is 4.84. The summed E-state index contributed by atoms with van der Waals surface area (Å²) in [6.45, 7) is 2.17. The quantitative estimate of drug-likeness (QED) is 0.920. The summed E-state index contributed by atoms with van der Waals surface area (Å²) in [5, 5.41) is 9.65. The molecule has 0 spiro atoms. The topological polar surface area (TPSA) is 57.6 Å². The van der Waals surface area contributed by atoms with Gasteiger partial charge in [-0.2, -0.15) is 17.5 Å². The van der Waals surface area contributed by atoms with Crippen LogP contribution in [0.3, 0.4) is 0 Å². The van der Waals surface area contributed by atoms with Gasteiger partial charge in [0, 0.05) is 13.1 Å². The van der Waals surface area contributed by atoms with Crippen LogP contribution < -0.4 is 0 Å². The van der Waals surface area contributed by atoms with E-state index in [4.69, 9.17) is 0 Å². The minimum atomic E-state index is -4.32. The third kappa shape index (κ3) is 3.99. The lowest BCUT2D eigenvalue weighted by atomic mass is 9.99. The highest BCUT2D eigenvalue weighted by molar-refractivity contribution is 7.89. The smallest absolute Gasteiger partial charge is 0.393 e. The average Bonchev–Trinajstić information content (AvgIpc) is 2.40. The molecule has 1 N–H and O–H groups in total. The lowest BCUT2D eigenvalue weighted by molar-refractivity contribution is -0.127. The molecule has 0 radical (unpaired) electrons. The normalized spacial score (nSPS) is 24.4. The molecule has 0 aromatic heterocycles. The highest BCUT2D eigenvalue weighted by Crippen LogP contribution is 2.26. The molecule has 1 aromatic rings. The van der Waals surface area contributed by atoms with Gasteiger partial charge in [-0.3, -0.25) is 0 Å². The Bertz CT molecular complexity index is 613. The number of hydrogen-bond donors (Lipinski definition) is 1. The van der Waals surface area contributed by atoms with Crippen molar-refractivity contribution in [1.29, 1.82) is 0 Å². The molecule has 1 aromatic carbocycles. The Balaban J connectivity index is 2.16. The van der Waals surface area contributed by atoms with Gasteiger partial charge in [-0.1, -0.05) is 19.1 Å². The number of rotatable bonds is 3. The van der Waals surface area contributed by atoms with E-state index in [0.717, 1.165) is 0 Å². The maximum absolute atomic E-state index is 12.5. The van der Waals surface area contributed by atoms with Gasteiger partial charge in [-0.05, 0) is 30.0 Å². The number of benzene rings is 1. The molecular formula is C14H18F3NO3S. The summed E-state index contributed by atoms with van der Waals surface area (Å²) in [6.07, 6.45) is -5.58. The first-order chi connectivity index (χ1) is 10.1. The van der Waals surface area contributed by atoms with Crippen LogP contribution in [0.2, 0.25) is 0 Å². The molecule has 4 nitrogen and oxygen atoms in total. The molecule has 0 aliphatic carbocycles. The van der Waals surface area contributed by atoms with E-state index in [1.165, 1.54) is 28.6 Å². The number of aliphatic hydroxyl groups excluding tert-OH is 1. The van der Waals surface area contributed by atoms with E-state index in [1.807, 2.05) is 0 Å². The zero-order valence-corrected chi connectivity index (χ0v) is 12.9. The number of alkyl halides is 3. The van der Waals surface area contributed by atoms with Crippen molar-refractivity contribution in [3.8, 4) is 0 Å². The largest absolute Gasteiger partial charge is 0.393 e. The summed E-state index contributed by atoms with van der Waals surface area (Å²) in [7, 11) is -3.74. The molecule has 1 aliphatic rings. The first-order valence-corrected chi connectivity index (χ1v) is 8.37. The first kappa shape index (κ1) is 17.2. The molecule has 0 amide bonds. The molecule has 0 bridgehead atoms. The second-order valence-electron chi connectivity index (χ2n) is 5.63. The van der Waals surface area contributed by atoms with Crippen molar-refractivity contribution < 1.29 is 26.7 Å². The van der Waals surface area contributed by atoms with Gasteiger partial charge >= 0.3 is 6.18 Å². The molecule has 2 unspecified atom stereocenters. The SMILES string of the molecule is CC1CN(S(=O)(=O)c2ccc(CC(F)(F)F)cc2)CCC1O. The van der Waals surface area contributed by atoms with Crippen molar-refractivity contribution in [3.05, 3.63) is 29.8 Å². The highest BCUT2D eigenvalue weighted by Gasteiger charge is 2.33. The summed E-state index contributed by atoms with van der Waals surface area (Å²) >= 11 is 0.